The second kappa shape index (κ2) is 4.81. The van der Waals surface area contributed by atoms with Gasteiger partial charge in [-0.2, -0.15) is 0 Å². The molecule has 0 saturated carbocycles. The first-order valence-electron chi connectivity index (χ1n) is 4.11. The van der Waals surface area contributed by atoms with Crippen molar-refractivity contribution >= 4 is 17.4 Å². The highest BCUT2D eigenvalue weighted by atomic mass is 32.1. The second-order valence-electron chi connectivity index (χ2n) is 2.62. The summed E-state index contributed by atoms with van der Waals surface area (Å²) >= 11 is 1.55. The molecule has 13 heavy (non-hydrogen) atoms. The van der Waals surface area contributed by atoms with Crippen LogP contribution in [0.1, 0.15) is 11.9 Å². The lowest BCUT2D eigenvalue weighted by Crippen LogP contribution is -2.36. The number of hydrogen-bond donors (Lipinski definition) is 1. The summed E-state index contributed by atoms with van der Waals surface area (Å²) in [5, 5.41) is 5.58. The van der Waals surface area contributed by atoms with Gasteiger partial charge in [-0.1, -0.05) is 0 Å². The normalized spacial score (nSPS) is 9.69. The third kappa shape index (κ3) is 3.02. The molecule has 0 bridgehead atoms. The highest BCUT2D eigenvalue weighted by molar-refractivity contribution is 7.09. The van der Waals surface area contributed by atoms with Crippen LogP contribution in [0.3, 0.4) is 0 Å². The van der Waals surface area contributed by atoms with E-state index in [1.165, 1.54) is 0 Å². The first-order chi connectivity index (χ1) is 6.24. The fourth-order valence-electron chi connectivity index (χ4n) is 0.892. The molecule has 0 fully saturated rings. The van der Waals surface area contributed by atoms with Crippen LogP contribution in [0, 0.1) is 0 Å². The second-order valence-corrected chi connectivity index (χ2v) is 3.60. The zero-order chi connectivity index (χ0) is 9.68. The molecule has 0 aromatic carbocycles. The SMILES string of the molecule is CCNC(=O)N(C)Cc1nccs1. The Balaban J connectivity index is 2.41. The van der Waals surface area contributed by atoms with Crippen molar-refractivity contribution in [3.05, 3.63) is 16.6 Å². The maximum atomic E-state index is 11.3. The smallest absolute Gasteiger partial charge is 0.317 e. The van der Waals surface area contributed by atoms with Crippen molar-refractivity contribution in [3.63, 3.8) is 0 Å². The summed E-state index contributed by atoms with van der Waals surface area (Å²) in [6.45, 7) is 3.12. The van der Waals surface area contributed by atoms with E-state index >= 15 is 0 Å². The molecule has 0 aliphatic carbocycles. The van der Waals surface area contributed by atoms with Crippen LogP contribution in [-0.4, -0.2) is 29.5 Å². The molecule has 1 rings (SSSR count). The van der Waals surface area contributed by atoms with E-state index in [4.69, 9.17) is 0 Å². The van der Waals surface area contributed by atoms with Crippen LogP contribution in [0.25, 0.3) is 0 Å². The van der Waals surface area contributed by atoms with Crippen LogP contribution in [-0.2, 0) is 6.54 Å². The van der Waals surface area contributed by atoms with E-state index in [2.05, 4.69) is 10.3 Å². The van der Waals surface area contributed by atoms with Gasteiger partial charge in [0.2, 0.25) is 0 Å². The molecule has 2 amide bonds. The third-order valence-electron chi connectivity index (χ3n) is 1.53. The highest BCUT2D eigenvalue weighted by Gasteiger charge is 2.08. The Kier molecular flexibility index (Phi) is 3.70. The van der Waals surface area contributed by atoms with Crippen molar-refractivity contribution < 1.29 is 4.79 Å². The van der Waals surface area contributed by atoms with Gasteiger partial charge in [0.25, 0.3) is 0 Å². The number of nitrogens with zero attached hydrogens (tertiary/aromatic N) is 2. The Morgan fingerprint density at radius 1 is 1.77 bits per heavy atom. The molecule has 0 unspecified atom stereocenters. The van der Waals surface area contributed by atoms with Gasteiger partial charge < -0.3 is 10.2 Å². The van der Waals surface area contributed by atoms with E-state index in [0.29, 0.717) is 13.1 Å². The standard InChI is InChI=1S/C8H13N3OS/c1-3-9-8(12)11(2)6-7-10-4-5-13-7/h4-5H,3,6H2,1-2H3,(H,9,12). The Bertz CT molecular complexity index is 260. The number of thiazole rings is 1. The number of nitrogens with one attached hydrogen (secondary N) is 1. The van der Waals surface area contributed by atoms with Crippen LogP contribution < -0.4 is 5.32 Å². The van der Waals surface area contributed by atoms with Gasteiger partial charge in [0.15, 0.2) is 0 Å². The Morgan fingerprint density at radius 3 is 3.08 bits per heavy atom. The van der Waals surface area contributed by atoms with Crippen LogP contribution >= 0.6 is 11.3 Å². The molecular weight excluding hydrogens is 186 g/mol. The molecule has 0 aliphatic rings. The predicted molar refractivity (Wildman–Crippen MR) is 52.7 cm³/mol. The van der Waals surface area contributed by atoms with Gasteiger partial charge >= 0.3 is 6.03 Å². The molecule has 4 nitrogen and oxygen atoms in total. The topological polar surface area (TPSA) is 45.2 Å². The number of rotatable bonds is 3. The number of aromatic nitrogens is 1. The lowest BCUT2D eigenvalue weighted by Gasteiger charge is -2.15. The van der Waals surface area contributed by atoms with Gasteiger partial charge in [-0.05, 0) is 6.92 Å². The third-order valence-corrected chi connectivity index (χ3v) is 2.29. The van der Waals surface area contributed by atoms with Crippen LogP contribution in [0.4, 0.5) is 4.79 Å². The minimum Gasteiger partial charge on any atom is -0.338 e. The molecule has 1 aromatic rings. The molecular formula is C8H13N3OS. The molecule has 0 radical (unpaired) electrons. The lowest BCUT2D eigenvalue weighted by molar-refractivity contribution is 0.207. The summed E-state index contributed by atoms with van der Waals surface area (Å²) in [6, 6.07) is -0.0577. The van der Waals surface area contributed by atoms with Crippen molar-refractivity contribution in [3.8, 4) is 0 Å². The minimum absolute atomic E-state index is 0.0577. The van der Waals surface area contributed by atoms with Crippen LogP contribution in [0.2, 0.25) is 0 Å². The van der Waals surface area contributed by atoms with E-state index in [9.17, 15) is 4.79 Å². The summed E-state index contributed by atoms with van der Waals surface area (Å²) in [4.78, 5) is 17.0. The Hall–Kier alpha value is -1.10. The number of hydrogen-bond acceptors (Lipinski definition) is 3. The van der Waals surface area contributed by atoms with Crippen LogP contribution in [0.15, 0.2) is 11.6 Å². The molecule has 1 aromatic heterocycles. The average Bonchev–Trinajstić information content (AvgIpc) is 2.57. The summed E-state index contributed by atoms with van der Waals surface area (Å²) in [5.41, 5.74) is 0. The van der Waals surface area contributed by atoms with Gasteiger partial charge in [0, 0.05) is 25.2 Å². The zero-order valence-corrected chi connectivity index (χ0v) is 8.60. The first-order valence-corrected chi connectivity index (χ1v) is 4.99. The molecule has 0 saturated heterocycles. The largest absolute Gasteiger partial charge is 0.338 e. The van der Waals surface area contributed by atoms with Gasteiger partial charge in [0.05, 0.1) is 6.54 Å². The molecule has 72 valence electrons. The minimum atomic E-state index is -0.0577. The fourth-order valence-corrected chi connectivity index (χ4v) is 1.56. The van der Waals surface area contributed by atoms with Gasteiger partial charge in [-0.25, -0.2) is 9.78 Å². The lowest BCUT2D eigenvalue weighted by atomic mass is 10.6. The molecule has 0 atom stereocenters. The van der Waals surface area contributed by atoms with Crippen molar-refractivity contribution in [2.24, 2.45) is 0 Å². The van der Waals surface area contributed by atoms with Gasteiger partial charge in [-0.15, -0.1) is 11.3 Å². The predicted octanol–water partition coefficient (Wildman–Crippen LogP) is 1.30. The van der Waals surface area contributed by atoms with Crippen molar-refractivity contribution in [2.75, 3.05) is 13.6 Å². The van der Waals surface area contributed by atoms with Gasteiger partial charge in [0.1, 0.15) is 5.01 Å². The maximum Gasteiger partial charge on any atom is 0.317 e. The van der Waals surface area contributed by atoms with Gasteiger partial charge in [-0.3, -0.25) is 0 Å². The van der Waals surface area contributed by atoms with E-state index < -0.39 is 0 Å². The van der Waals surface area contributed by atoms with Crippen LogP contribution in [0.5, 0.6) is 0 Å². The van der Waals surface area contributed by atoms with Crippen molar-refractivity contribution in [1.82, 2.24) is 15.2 Å². The number of carbonyl (C=O) groups excluding carboxylic acids is 1. The summed E-state index contributed by atoms with van der Waals surface area (Å²) in [7, 11) is 1.76. The summed E-state index contributed by atoms with van der Waals surface area (Å²) < 4.78 is 0. The zero-order valence-electron chi connectivity index (χ0n) is 7.78. The molecule has 1 heterocycles. The number of amides is 2. The fraction of sp³-hybridized carbons (Fsp3) is 0.500. The molecule has 1 N–H and O–H groups in total. The van der Waals surface area contributed by atoms with Crippen molar-refractivity contribution in [1.29, 1.82) is 0 Å². The maximum absolute atomic E-state index is 11.3. The monoisotopic (exact) mass is 199 g/mol. The first kappa shape index (κ1) is 9.98. The molecule has 0 spiro atoms. The van der Waals surface area contributed by atoms with E-state index in [1.54, 1.807) is 29.5 Å². The Morgan fingerprint density at radius 2 is 2.54 bits per heavy atom. The Labute approximate surface area is 81.6 Å². The van der Waals surface area contributed by atoms with Crippen molar-refractivity contribution in [2.45, 2.75) is 13.5 Å². The molecule has 5 heteroatoms. The average molecular weight is 199 g/mol. The van der Waals surface area contributed by atoms with E-state index in [0.717, 1.165) is 5.01 Å². The van der Waals surface area contributed by atoms with E-state index in [-0.39, 0.29) is 6.03 Å². The quantitative estimate of drug-likeness (QED) is 0.797. The summed E-state index contributed by atoms with van der Waals surface area (Å²) in [6.07, 6.45) is 1.74. The summed E-state index contributed by atoms with van der Waals surface area (Å²) in [5.74, 6) is 0. The van der Waals surface area contributed by atoms with E-state index in [1.807, 2.05) is 12.3 Å². The number of urea groups is 1. The highest BCUT2D eigenvalue weighted by Crippen LogP contribution is 2.06. The molecule has 0 aliphatic heterocycles. The number of carbonyl (C=O) groups is 1.